The molecule has 0 heterocycles. The summed E-state index contributed by atoms with van der Waals surface area (Å²) in [5.41, 5.74) is 0.00417. The Morgan fingerprint density at radius 2 is 1.68 bits per heavy atom. The molecule has 2 aromatic rings. The maximum atomic E-state index is 12.1. The minimum Gasteiger partial charge on any atom is -0.508 e. The number of hydrogen-bond acceptors (Lipinski definition) is 6. The van der Waals surface area contributed by atoms with E-state index in [-0.39, 0.29) is 28.9 Å². The maximum absolute atomic E-state index is 12.1. The molecule has 0 spiro atoms. The van der Waals surface area contributed by atoms with Crippen LogP contribution in [-0.4, -0.2) is 50.3 Å². The summed E-state index contributed by atoms with van der Waals surface area (Å²) in [5.74, 6) is -3.65. The Hall–Kier alpha value is -3.04. The first-order valence-corrected chi connectivity index (χ1v) is 7.29. The lowest BCUT2D eigenvalue weighted by atomic mass is 9.75. The quantitative estimate of drug-likeness (QED) is 0.408. The number of benzene rings is 2. The van der Waals surface area contributed by atoms with Gasteiger partial charge in [0.25, 0.3) is 5.91 Å². The molecule has 0 saturated carbocycles. The Labute approximate surface area is 143 Å². The molecular weight excluding hydrogens is 329 g/mol. The van der Waals surface area contributed by atoms with Gasteiger partial charge in [0.05, 0.1) is 5.94 Å². The predicted molar refractivity (Wildman–Crippen MR) is 88.3 cm³/mol. The van der Waals surface area contributed by atoms with Crippen LogP contribution in [0.25, 0.3) is 0 Å². The molecule has 6 N–H and O–H groups in total. The second kappa shape index (κ2) is 7.69. The molecule has 0 radical (unpaired) electrons. The molecule has 9 heteroatoms. The van der Waals surface area contributed by atoms with Gasteiger partial charge >= 0.3 is 13.1 Å². The van der Waals surface area contributed by atoms with Gasteiger partial charge in [0.15, 0.2) is 0 Å². The van der Waals surface area contributed by atoms with Gasteiger partial charge in [0, 0.05) is 5.56 Å². The molecule has 2 aromatic carbocycles. The summed E-state index contributed by atoms with van der Waals surface area (Å²) in [6.07, 6.45) is -0.200. The SMILES string of the molecule is O=C(N[C@@H](Cc1cccc(C(=O)O)c1O)B(O)O)c1ccc(O)cc1. The summed E-state index contributed by atoms with van der Waals surface area (Å²) in [6.45, 7) is 0. The lowest BCUT2D eigenvalue weighted by Gasteiger charge is -2.19. The molecular formula is C16H16BNO7. The molecule has 130 valence electrons. The predicted octanol–water partition coefficient (Wildman–Crippen LogP) is 0.149. The number of para-hydroxylation sites is 1. The van der Waals surface area contributed by atoms with Crippen molar-refractivity contribution < 1.29 is 35.0 Å². The van der Waals surface area contributed by atoms with Gasteiger partial charge in [-0.15, -0.1) is 0 Å². The molecule has 0 unspecified atom stereocenters. The smallest absolute Gasteiger partial charge is 0.475 e. The van der Waals surface area contributed by atoms with Crippen LogP contribution in [0, 0.1) is 0 Å². The zero-order chi connectivity index (χ0) is 18.6. The number of carboxylic acid groups (broad SMARTS) is 1. The normalized spacial score (nSPS) is 11.6. The van der Waals surface area contributed by atoms with E-state index in [1.165, 1.54) is 42.5 Å². The van der Waals surface area contributed by atoms with Crippen molar-refractivity contribution in [1.29, 1.82) is 0 Å². The second-order valence-electron chi connectivity index (χ2n) is 5.36. The summed E-state index contributed by atoms with van der Waals surface area (Å²) in [5, 5.41) is 49.6. The van der Waals surface area contributed by atoms with Crippen molar-refractivity contribution in [3.05, 3.63) is 59.2 Å². The monoisotopic (exact) mass is 345 g/mol. The third-order valence-electron chi connectivity index (χ3n) is 3.60. The van der Waals surface area contributed by atoms with Crippen LogP contribution in [0.15, 0.2) is 42.5 Å². The van der Waals surface area contributed by atoms with Gasteiger partial charge in [0.1, 0.15) is 17.1 Å². The van der Waals surface area contributed by atoms with Crippen molar-refractivity contribution in [2.45, 2.75) is 12.4 Å². The average Bonchev–Trinajstić information content (AvgIpc) is 2.56. The zero-order valence-corrected chi connectivity index (χ0v) is 13.0. The molecule has 0 bridgehead atoms. The van der Waals surface area contributed by atoms with Gasteiger partial charge in [-0.3, -0.25) is 4.79 Å². The number of carboxylic acids is 1. The Bertz CT molecular complexity index is 777. The first-order valence-electron chi connectivity index (χ1n) is 7.29. The molecule has 25 heavy (non-hydrogen) atoms. The van der Waals surface area contributed by atoms with E-state index >= 15 is 0 Å². The molecule has 0 aromatic heterocycles. The van der Waals surface area contributed by atoms with Crippen LogP contribution in [-0.2, 0) is 6.42 Å². The summed E-state index contributed by atoms with van der Waals surface area (Å²) in [7, 11) is -1.94. The molecule has 1 amide bonds. The third-order valence-corrected chi connectivity index (χ3v) is 3.60. The number of rotatable bonds is 6. The van der Waals surface area contributed by atoms with Gasteiger partial charge < -0.3 is 30.7 Å². The highest BCUT2D eigenvalue weighted by molar-refractivity contribution is 6.43. The fraction of sp³-hybridized carbons (Fsp3) is 0.125. The first kappa shape index (κ1) is 18.3. The largest absolute Gasteiger partial charge is 0.508 e. The zero-order valence-electron chi connectivity index (χ0n) is 13.0. The van der Waals surface area contributed by atoms with Gasteiger partial charge in [0.2, 0.25) is 0 Å². The molecule has 1 atom stereocenters. The van der Waals surface area contributed by atoms with Crippen molar-refractivity contribution in [2.75, 3.05) is 0 Å². The minimum absolute atomic E-state index is 0.0225. The number of hydrogen-bond donors (Lipinski definition) is 6. The van der Waals surface area contributed by atoms with E-state index in [0.29, 0.717) is 0 Å². The standard InChI is InChI=1S/C16H16BNO7/c19-11-6-4-9(5-7-11)15(21)18-13(17(24)25)8-10-2-1-3-12(14(10)20)16(22)23/h1-7,13,19-20,24-25H,8H2,(H,18,21)(H,22,23)/t13-/m0/s1. The second-order valence-corrected chi connectivity index (χ2v) is 5.36. The van der Waals surface area contributed by atoms with E-state index in [1.54, 1.807) is 0 Å². The number of carbonyl (C=O) groups is 2. The lowest BCUT2D eigenvalue weighted by Crippen LogP contribution is -2.47. The molecule has 0 saturated heterocycles. The van der Waals surface area contributed by atoms with Crippen molar-refractivity contribution in [3.63, 3.8) is 0 Å². The topological polar surface area (TPSA) is 147 Å². The lowest BCUT2D eigenvalue weighted by molar-refractivity contribution is 0.0693. The van der Waals surface area contributed by atoms with Crippen LogP contribution in [0.2, 0.25) is 0 Å². The van der Waals surface area contributed by atoms with Gasteiger partial charge in [-0.25, -0.2) is 4.79 Å². The van der Waals surface area contributed by atoms with E-state index in [9.17, 15) is 29.9 Å². The van der Waals surface area contributed by atoms with Crippen molar-refractivity contribution in [2.24, 2.45) is 0 Å². The first-order chi connectivity index (χ1) is 11.8. The number of aromatic hydroxyl groups is 2. The average molecular weight is 345 g/mol. The summed E-state index contributed by atoms with van der Waals surface area (Å²) in [6, 6.07) is 9.36. The molecule has 0 aliphatic heterocycles. The van der Waals surface area contributed by atoms with E-state index in [2.05, 4.69) is 5.32 Å². The summed E-state index contributed by atoms with van der Waals surface area (Å²) >= 11 is 0. The van der Waals surface area contributed by atoms with Crippen LogP contribution in [0.4, 0.5) is 0 Å². The Kier molecular flexibility index (Phi) is 5.63. The third kappa shape index (κ3) is 4.49. The van der Waals surface area contributed by atoms with E-state index in [4.69, 9.17) is 5.11 Å². The number of phenolic OH excluding ortho intramolecular Hbond substituents is 1. The highest BCUT2D eigenvalue weighted by Gasteiger charge is 2.27. The van der Waals surface area contributed by atoms with Crippen LogP contribution in [0.3, 0.4) is 0 Å². The molecule has 8 nitrogen and oxygen atoms in total. The van der Waals surface area contributed by atoms with E-state index in [0.717, 1.165) is 0 Å². The minimum atomic E-state index is -1.94. The summed E-state index contributed by atoms with van der Waals surface area (Å²) < 4.78 is 0. The van der Waals surface area contributed by atoms with E-state index < -0.39 is 30.7 Å². The van der Waals surface area contributed by atoms with Crippen molar-refractivity contribution >= 4 is 19.0 Å². The molecule has 0 aliphatic rings. The highest BCUT2D eigenvalue weighted by Crippen LogP contribution is 2.24. The number of nitrogens with one attached hydrogen (secondary N) is 1. The van der Waals surface area contributed by atoms with Crippen LogP contribution < -0.4 is 5.32 Å². The number of amides is 1. The Morgan fingerprint density at radius 3 is 2.24 bits per heavy atom. The van der Waals surface area contributed by atoms with Crippen LogP contribution >= 0.6 is 0 Å². The van der Waals surface area contributed by atoms with Gasteiger partial charge in [-0.05, 0) is 42.3 Å². The van der Waals surface area contributed by atoms with Crippen molar-refractivity contribution in [3.8, 4) is 11.5 Å². The Morgan fingerprint density at radius 1 is 1.04 bits per heavy atom. The highest BCUT2D eigenvalue weighted by atomic mass is 16.4. The maximum Gasteiger partial charge on any atom is 0.475 e. The van der Waals surface area contributed by atoms with Gasteiger partial charge in [-0.2, -0.15) is 0 Å². The van der Waals surface area contributed by atoms with Crippen LogP contribution in [0.1, 0.15) is 26.3 Å². The van der Waals surface area contributed by atoms with Crippen LogP contribution in [0.5, 0.6) is 11.5 Å². The fourth-order valence-corrected chi connectivity index (χ4v) is 2.26. The number of aromatic carboxylic acids is 1. The number of carbonyl (C=O) groups excluding carboxylic acids is 1. The van der Waals surface area contributed by atoms with Gasteiger partial charge in [-0.1, -0.05) is 12.1 Å². The Balaban J connectivity index is 2.19. The van der Waals surface area contributed by atoms with E-state index in [1.807, 2.05) is 0 Å². The summed E-state index contributed by atoms with van der Waals surface area (Å²) in [4.78, 5) is 23.2. The molecule has 0 fully saturated rings. The van der Waals surface area contributed by atoms with Crippen molar-refractivity contribution in [1.82, 2.24) is 5.32 Å². The fourth-order valence-electron chi connectivity index (χ4n) is 2.26. The molecule has 2 rings (SSSR count). The number of phenols is 2. The molecule has 0 aliphatic carbocycles.